The number of fused-ring (bicyclic) bond motifs is 1. The number of nitrogens with one attached hydrogen (secondary N) is 2. The van der Waals surface area contributed by atoms with Gasteiger partial charge < -0.3 is 9.67 Å². The van der Waals surface area contributed by atoms with Crippen LogP contribution in [0.5, 0.6) is 0 Å². The van der Waals surface area contributed by atoms with Gasteiger partial charge in [-0.25, -0.2) is 9.67 Å². The molecule has 2 amide bonds. The monoisotopic (exact) mass is 452 g/mol. The molecule has 3 rings (SSSR count). The maximum Gasteiger partial charge on any atom is 0.425 e. The Hall–Kier alpha value is -3.74. The second-order valence-electron chi connectivity index (χ2n) is 6.91. The zero-order chi connectivity index (χ0) is 23.7. The van der Waals surface area contributed by atoms with Crippen LogP contribution >= 0.6 is 0 Å². The predicted molar refractivity (Wildman–Crippen MR) is 105 cm³/mol. The second-order valence-corrected chi connectivity index (χ2v) is 6.91. The summed E-state index contributed by atoms with van der Waals surface area (Å²) in [4.78, 5) is 40.6. The number of nitrogens with zero attached hydrogens (tertiary/aromatic N) is 4. The molecule has 3 aromatic rings. The molecule has 1 atom stereocenters. The highest BCUT2D eigenvalue weighted by Gasteiger charge is 2.58. The summed E-state index contributed by atoms with van der Waals surface area (Å²) in [5.41, 5.74) is -0.398. The van der Waals surface area contributed by atoms with Crippen LogP contribution in [0.4, 0.5) is 13.2 Å². The van der Waals surface area contributed by atoms with E-state index in [-0.39, 0.29) is 23.0 Å². The lowest BCUT2D eigenvalue weighted by molar-refractivity contribution is -0.271. The molecule has 0 radical (unpaired) electrons. The molecular weight excluding hydrogens is 433 g/mol. The van der Waals surface area contributed by atoms with Crippen LogP contribution in [0.3, 0.4) is 0 Å². The second kappa shape index (κ2) is 8.42. The van der Waals surface area contributed by atoms with Gasteiger partial charge in [-0.15, -0.1) is 0 Å². The molecule has 1 aromatic carbocycles. The number of hydrogen-bond donors (Lipinski definition) is 3. The molecule has 2 aromatic heterocycles. The normalized spacial score (nSPS) is 13.6. The molecule has 0 saturated carbocycles. The van der Waals surface area contributed by atoms with E-state index in [4.69, 9.17) is 0 Å². The van der Waals surface area contributed by atoms with Gasteiger partial charge in [-0.05, 0) is 13.0 Å². The van der Waals surface area contributed by atoms with Gasteiger partial charge in [0, 0.05) is 31.4 Å². The van der Waals surface area contributed by atoms with E-state index in [1.54, 1.807) is 19.1 Å². The summed E-state index contributed by atoms with van der Waals surface area (Å²) in [5.74, 6) is -3.06. The SMILES string of the molecule is CCn1nc(C(=O)NNC(=O)CC(O)(c2nccn2C)C(F)(F)F)c2ccccc2c1=O. The fraction of sp³-hybridized carbons (Fsp3) is 0.316. The first-order valence-corrected chi connectivity index (χ1v) is 9.35. The van der Waals surface area contributed by atoms with Crippen LogP contribution in [0.15, 0.2) is 41.5 Å². The van der Waals surface area contributed by atoms with Crippen molar-refractivity contribution < 1.29 is 27.9 Å². The molecule has 32 heavy (non-hydrogen) atoms. The molecule has 0 saturated heterocycles. The minimum Gasteiger partial charge on any atom is -0.374 e. The number of carbonyl (C=O) groups excluding carboxylic acids is 2. The summed E-state index contributed by atoms with van der Waals surface area (Å²) in [6.07, 6.45) is -4.44. The van der Waals surface area contributed by atoms with Crippen LogP contribution in [-0.2, 0) is 24.0 Å². The van der Waals surface area contributed by atoms with Gasteiger partial charge >= 0.3 is 6.18 Å². The van der Waals surface area contributed by atoms with E-state index in [2.05, 4.69) is 10.1 Å². The predicted octanol–water partition coefficient (Wildman–Crippen LogP) is 0.751. The minimum atomic E-state index is -5.22. The molecule has 170 valence electrons. The largest absolute Gasteiger partial charge is 0.425 e. The van der Waals surface area contributed by atoms with Crippen LogP contribution in [0.1, 0.15) is 29.7 Å². The Kier molecular flexibility index (Phi) is 6.03. The molecule has 0 aliphatic rings. The fourth-order valence-corrected chi connectivity index (χ4v) is 3.15. The molecule has 0 spiro atoms. The first-order chi connectivity index (χ1) is 15.0. The van der Waals surface area contributed by atoms with Crippen LogP contribution in [0.2, 0.25) is 0 Å². The molecule has 0 bridgehead atoms. The number of rotatable bonds is 5. The molecule has 0 aliphatic carbocycles. The average Bonchev–Trinajstić information content (AvgIpc) is 3.18. The number of amides is 2. The van der Waals surface area contributed by atoms with E-state index in [1.165, 1.54) is 25.4 Å². The van der Waals surface area contributed by atoms with E-state index >= 15 is 0 Å². The highest BCUT2D eigenvalue weighted by molar-refractivity contribution is 6.05. The van der Waals surface area contributed by atoms with Gasteiger partial charge in [0.05, 0.1) is 11.8 Å². The lowest BCUT2D eigenvalue weighted by atomic mass is 9.97. The lowest BCUT2D eigenvalue weighted by Crippen LogP contribution is -2.50. The first-order valence-electron chi connectivity index (χ1n) is 9.35. The third-order valence-corrected chi connectivity index (χ3v) is 4.77. The summed E-state index contributed by atoms with van der Waals surface area (Å²) < 4.78 is 42.6. The van der Waals surface area contributed by atoms with Crippen LogP contribution in [-0.4, -0.2) is 42.4 Å². The van der Waals surface area contributed by atoms with Crippen molar-refractivity contribution in [3.8, 4) is 0 Å². The first kappa shape index (κ1) is 22.9. The number of aromatic nitrogens is 4. The third kappa shape index (κ3) is 4.06. The summed E-state index contributed by atoms with van der Waals surface area (Å²) in [6, 6.07) is 6.15. The van der Waals surface area contributed by atoms with Crippen LogP contribution < -0.4 is 16.4 Å². The van der Waals surface area contributed by atoms with E-state index in [9.17, 15) is 32.7 Å². The van der Waals surface area contributed by atoms with Crippen molar-refractivity contribution in [1.29, 1.82) is 0 Å². The summed E-state index contributed by atoms with van der Waals surface area (Å²) in [6.45, 7) is 1.81. The number of hydrogen-bond acceptors (Lipinski definition) is 6. The van der Waals surface area contributed by atoms with E-state index < -0.39 is 41.4 Å². The highest BCUT2D eigenvalue weighted by Crippen LogP contribution is 2.40. The van der Waals surface area contributed by atoms with Crippen molar-refractivity contribution in [3.05, 3.63) is 58.5 Å². The van der Waals surface area contributed by atoms with Crippen LogP contribution in [0.25, 0.3) is 10.8 Å². The van der Waals surface area contributed by atoms with Gasteiger partial charge in [0.1, 0.15) is 0 Å². The minimum absolute atomic E-state index is 0.165. The van der Waals surface area contributed by atoms with Gasteiger partial charge in [0.15, 0.2) is 11.5 Å². The number of benzene rings is 1. The Balaban J connectivity index is 1.82. The Morgan fingerprint density at radius 1 is 1.16 bits per heavy atom. The standard InChI is InChI=1S/C19H19F3N6O4/c1-3-28-16(31)12-7-5-4-6-11(12)14(26-28)15(30)25-24-13(29)10-18(32,19(20,21)22)17-23-8-9-27(17)2/h4-9,32H,3,10H2,1-2H3,(H,24,29)(H,25,30). The number of aliphatic hydroxyl groups is 1. The van der Waals surface area contributed by atoms with Crippen LogP contribution in [0, 0.1) is 0 Å². The topological polar surface area (TPSA) is 131 Å². The molecule has 3 N–H and O–H groups in total. The van der Waals surface area contributed by atoms with Gasteiger partial charge in [0.25, 0.3) is 11.5 Å². The molecule has 0 fully saturated rings. The molecule has 0 aliphatic heterocycles. The third-order valence-electron chi connectivity index (χ3n) is 4.77. The Labute approximate surface area is 178 Å². The van der Waals surface area contributed by atoms with E-state index in [0.29, 0.717) is 0 Å². The quantitative estimate of drug-likeness (QED) is 0.490. The smallest absolute Gasteiger partial charge is 0.374 e. The van der Waals surface area contributed by atoms with Crippen molar-refractivity contribution in [2.24, 2.45) is 7.05 Å². The molecule has 1 unspecified atom stereocenters. The van der Waals surface area contributed by atoms with Crippen molar-refractivity contribution in [1.82, 2.24) is 30.2 Å². The Morgan fingerprint density at radius 3 is 2.38 bits per heavy atom. The zero-order valence-corrected chi connectivity index (χ0v) is 17.0. The van der Waals surface area contributed by atoms with Gasteiger partial charge in [-0.1, -0.05) is 18.2 Å². The van der Waals surface area contributed by atoms with Crippen molar-refractivity contribution in [2.75, 3.05) is 0 Å². The summed E-state index contributed by atoms with van der Waals surface area (Å²) in [5, 5.41) is 14.6. The molecule has 2 heterocycles. The fourth-order valence-electron chi connectivity index (χ4n) is 3.15. The highest BCUT2D eigenvalue weighted by atomic mass is 19.4. The van der Waals surface area contributed by atoms with Crippen molar-refractivity contribution >= 4 is 22.6 Å². The number of alkyl halides is 3. The lowest BCUT2D eigenvalue weighted by Gasteiger charge is -2.29. The summed E-state index contributed by atoms with van der Waals surface area (Å²) in [7, 11) is 1.23. The van der Waals surface area contributed by atoms with E-state index in [0.717, 1.165) is 15.4 Å². The molecule has 13 heteroatoms. The van der Waals surface area contributed by atoms with Crippen molar-refractivity contribution in [3.63, 3.8) is 0 Å². The zero-order valence-electron chi connectivity index (χ0n) is 17.0. The van der Waals surface area contributed by atoms with Gasteiger partial charge in [0.2, 0.25) is 11.5 Å². The number of hydrazine groups is 1. The van der Waals surface area contributed by atoms with E-state index in [1.807, 2.05) is 10.9 Å². The maximum atomic E-state index is 13.6. The molecule has 10 nitrogen and oxygen atoms in total. The number of halogens is 3. The number of imidazole rings is 1. The van der Waals surface area contributed by atoms with Gasteiger partial charge in [-0.3, -0.25) is 25.2 Å². The average molecular weight is 452 g/mol. The number of carbonyl (C=O) groups is 2. The number of aryl methyl sites for hydroxylation is 2. The van der Waals surface area contributed by atoms with Crippen molar-refractivity contribution in [2.45, 2.75) is 31.7 Å². The Morgan fingerprint density at radius 2 is 1.81 bits per heavy atom. The van der Waals surface area contributed by atoms with Gasteiger partial charge in [-0.2, -0.15) is 18.3 Å². The molecular formula is C19H19F3N6O4. The Bertz CT molecular complexity index is 1240. The maximum absolute atomic E-state index is 13.6. The summed E-state index contributed by atoms with van der Waals surface area (Å²) >= 11 is 0.